The van der Waals surface area contributed by atoms with E-state index in [1.165, 1.54) is 4.31 Å². The second-order valence-corrected chi connectivity index (χ2v) is 8.69. The van der Waals surface area contributed by atoms with Crippen LogP contribution in [0, 0.1) is 6.92 Å². The van der Waals surface area contributed by atoms with Gasteiger partial charge in [-0.25, -0.2) is 8.42 Å². The lowest BCUT2D eigenvalue weighted by atomic mass is 10.1. The van der Waals surface area contributed by atoms with Crippen molar-refractivity contribution in [3.63, 3.8) is 0 Å². The molecule has 1 atom stereocenters. The van der Waals surface area contributed by atoms with Crippen molar-refractivity contribution < 1.29 is 18.5 Å². The summed E-state index contributed by atoms with van der Waals surface area (Å²) in [5.74, 6) is -0.164. The van der Waals surface area contributed by atoms with Crippen LogP contribution in [0.4, 0.5) is 5.69 Å². The summed E-state index contributed by atoms with van der Waals surface area (Å²) in [6.07, 6.45) is 0. The summed E-state index contributed by atoms with van der Waals surface area (Å²) in [6.45, 7) is 8.57. The van der Waals surface area contributed by atoms with Gasteiger partial charge >= 0.3 is 0 Å². The number of hydrogen-bond acceptors (Lipinski definition) is 3. The van der Waals surface area contributed by atoms with Crippen molar-refractivity contribution in [3.8, 4) is 0 Å². The van der Waals surface area contributed by atoms with E-state index < -0.39 is 10.0 Å². The first-order valence-electron chi connectivity index (χ1n) is 9.58. The Morgan fingerprint density at radius 2 is 1.75 bits per heavy atom. The zero-order valence-corrected chi connectivity index (χ0v) is 17.8. The van der Waals surface area contributed by atoms with E-state index in [0.29, 0.717) is 18.8 Å². The van der Waals surface area contributed by atoms with E-state index in [1.807, 2.05) is 63.3 Å². The molecule has 6 nitrogen and oxygen atoms in total. The van der Waals surface area contributed by atoms with Crippen molar-refractivity contribution in [2.75, 3.05) is 25.0 Å². The fourth-order valence-electron chi connectivity index (χ4n) is 2.99. The molecule has 0 aliphatic carbocycles. The Balaban J connectivity index is 2.08. The van der Waals surface area contributed by atoms with E-state index in [0.717, 1.165) is 11.1 Å². The van der Waals surface area contributed by atoms with E-state index in [2.05, 4.69) is 5.32 Å². The molecule has 0 fully saturated rings. The number of hydrogen-bond donors (Lipinski definition) is 2. The zero-order chi connectivity index (χ0) is 20.7. The number of sulfonamides is 1. The van der Waals surface area contributed by atoms with E-state index in [-0.39, 0.29) is 23.4 Å². The van der Waals surface area contributed by atoms with Gasteiger partial charge in [-0.15, -0.1) is 0 Å². The molecule has 0 bridgehead atoms. The first kappa shape index (κ1) is 22.1. The summed E-state index contributed by atoms with van der Waals surface area (Å²) in [7, 11) is -3.56. The standard InChI is InChI=1S/C21H29N3O3S/c1-5-24(6-2)28(26,27)19-13-12-16(3)20(14-19)23-21(25)15-22-17(4)18-10-8-7-9-11-18/h7-14,17,22H,5-6,15H2,1-4H3,(H,23,25)/p+1/t17-/m0/s1. The Kier molecular flexibility index (Phi) is 7.74. The third-order valence-corrected chi connectivity index (χ3v) is 6.85. The average Bonchev–Trinajstić information content (AvgIpc) is 2.69. The van der Waals surface area contributed by atoms with E-state index >= 15 is 0 Å². The predicted octanol–water partition coefficient (Wildman–Crippen LogP) is 2.29. The van der Waals surface area contributed by atoms with Crippen LogP contribution < -0.4 is 10.6 Å². The Bertz CT molecular complexity index is 894. The molecule has 2 aromatic rings. The van der Waals surface area contributed by atoms with Gasteiger partial charge in [-0.3, -0.25) is 4.79 Å². The number of quaternary nitrogens is 1. The zero-order valence-electron chi connectivity index (χ0n) is 17.0. The van der Waals surface area contributed by atoms with Gasteiger partial charge in [0.25, 0.3) is 5.91 Å². The molecule has 0 aliphatic rings. The number of amides is 1. The summed E-state index contributed by atoms with van der Waals surface area (Å²) in [5.41, 5.74) is 2.50. The van der Waals surface area contributed by atoms with Crippen molar-refractivity contribution in [3.05, 3.63) is 59.7 Å². The Labute approximate surface area is 168 Å². The SMILES string of the molecule is CCN(CC)S(=O)(=O)c1ccc(C)c(NC(=O)C[NH2+][C@@H](C)c2ccccc2)c1. The largest absolute Gasteiger partial charge is 0.333 e. The van der Waals surface area contributed by atoms with E-state index in [1.54, 1.807) is 18.2 Å². The predicted molar refractivity (Wildman–Crippen MR) is 112 cm³/mol. The Hall–Kier alpha value is -2.22. The molecule has 28 heavy (non-hydrogen) atoms. The van der Waals surface area contributed by atoms with Gasteiger partial charge < -0.3 is 10.6 Å². The number of rotatable bonds is 9. The summed E-state index contributed by atoms with van der Waals surface area (Å²) in [5, 5.41) is 4.81. The maximum Gasteiger partial charge on any atom is 0.279 e. The van der Waals surface area contributed by atoms with Crippen LogP contribution in [-0.2, 0) is 14.8 Å². The van der Waals surface area contributed by atoms with Gasteiger partial charge in [0.2, 0.25) is 10.0 Å². The molecule has 0 saturated heterocycles. The van der Waals surface area contributed by atoms with Crippen molar-refractivity contribution in [2.45, 2.75) is 38.6 Å². The smallest absolute Gasteiger partial charge is 0.279 e. The second kappa shape index (κ2) is 9.82. The monoisotopic (exact) mass is 404 g/mol. The van der Waals surface area contributed by atoms with Gasteiger partial charge in [0.1, 0.15) is 6.04 Å². The number of aryl methyl sites for hydroxylation is 1. The van der Waals surface area contributed by atoms with Gasteiger partial charge in [0.05, 0.1) is 4.90 Å². The molecule has 0 aliphatic heterocycles. The van der Waals surface area contributed by atoms with Crippen LogP contribution in [-0.4, -0.2) is 38.3 Å². The minimum Gasteiger partial charge on any atom is -0.333 e. The Morgan fingerprint density at radius 1 is 1.11 bits per heavy atom. The number of carbonyl (C=O) groups excluding carboxylic acids is 1. The molecule has 0 heterocycles. The van der Waals surface area contributed by atoms with Crippen LogP contribution in [0.15, 0.2) is 53.4 Å². The van der Waals surface area contributed by atoms with Gasteiger partial charge in [0, 0.05) is 24.3 Å². The van der Waals surface area contributed by atoms with Crippen molar-refractivity contribution in [1.29, 1.82) is 0 Å². The first-order chi connectivity index (χ1) is 13.3. The lowest BCUT2D eigenvalue weighted by Crippen LogP contribution is -2.86. The number of carbonyl (C=O) groups is 1. The second-order valence-electron chi connectivity index (χ2n) is 6.75. The highest BCUT2D eigenvalue weighted by Gasteiger charge is 2.22. The number of nitrogens with one attached hydrogen (secondary N) is 1. The van der Waals surface area contributed by atoms with Crippen LogP contribution >= 0.6 is 0 Å². The van der Waals surface area contributed by atoms with Crippen LogP contribution in [0.2, 0.25) is 0 Å². The maximum atomic E-state index is 12.7. The summed E-state index contributed by atoms with van der Waals surface area (Å²) in [6, 6.07) is 15.0. The molecule has 2 rings (SSSR count). The topological polar surface area (TPSA) is 83.1 Å². The van der Waals surface area contributed by atoms with Gasteiger partial charge in [-0.2, -0.15) is 4.31 Å². The minimum atomic E-state index is -3.56. The van der Waals surface area contributed by atoms with Crippen LogP contribution in [0.3, 0.4) is 0 Å². The summed E-state index contributed by atoms with van der Waals surface area (Å²) in [4.78, 5) is 12.6. The fraction of sp³-hybridized carbons (Fsp3) is 0.381. The quantitative estimate of drug-likeness (QED) is 0.673. The molecule has 0 unspecified atom stereocenters. The maximum absolute atomic E-state index is 12.7. The number of anilines is 1. The molecule has 2 aromatic carbocycles. The highest BCUT2D eigenvalue weighted by Crippen LogP contribution is 2.23. The third kappa shape index (κ3) is 5.41. The molecule has 0 saturated carbocycles. The molecule has 0 radical (unpaired) electrons. The molecular formula is C21H30N3O3S+. The van der Waals surface area contributed by atoms with E-state index in [9.17, 15) is 13.2 Å². The van der Waals surface area contributed by atoms with Gasteiger partial charge in [0.15, 0.2) is 6.54 Å². The highest BCUT2D eigenvalue weighted by atomic mass is 32.2. The van der Waals surface area contributed by atoms with Gasteiger partial charge in [-0.1, -0.05) is 50.2 Å². The fourth-order valence-corrected chi connectivity index (χ4v) is 4.47. The minimum absolute atomic E-state index is 0.155. The molecule has 7 heteroatoms. The normalized spacial score (nSPS) is 12.8. The number of benzene rings is 2. The summed E-state index contributed by atoms with van der Waals surface area (Å²) >= 11 is 0. The number of nitrogens with two attached hydrogens (primary N) is 1. The molecule has 0 aromatic heterocycles. The van der Waals surface area contributed by atoms with Crippen LogP contribution in [0.25, 0.3) is 0 Å². The van der Waals surface area contributed by atoms with Crippen LogP contribution in [0.5, 0.6) is 0 Å². The van der Waals surface area contributed by atoms with Crippen LogP contribution in [0.1, 0.15) is 37.9 Å². The van der Waals surface area contributed by atoms with Crippen molar-refractivity contribution in [1.82, 2.24) is 4.31 Å². The molecule has 1 amide bonds. The first-order valence-corrected chi connectivity index (χ1v) is 11.0. The lowest BCUT2D eigenvalue weighted by Gasteiger charge is -2.19. The third-order valence-electron chi connectivity index (χ3n) is 4.81. The molecular weight excluding hydrogens is 374 g/mol. The van der Waals surface area contributed by atoms with Crippen molar-refractivity contribution in [2.24, 2.45) is 0 Å². The Morgan fingerprint density at radius 3 is 2.36 bits per heavy atom. The lowest BCUT2D eigenvalue weighted by molar-refractivity contribution is -0.682. The molecule has 152 valence electrons. The van der Waals surface area contributed by atoms with Gasteiger partial charge in [-0.05, 0) is 31.5 Å². The number of nitrogens with zero attached hydrogens (tertiary/aromatic N) is 1. The van der Waals surface area contributed by atoms with E-state index in [4.69, 9.17) is 0 Å². The molecule has 0 spiro atoms. The summed E-state index contributed by atoms with van der Waals surface area (Å²) < 4.78 is 26.8. The highest BCUT2D eigenvalue weighted by molar-refractivity contribution is 7.89. The van der Waals surface area contributed by atoms with Crippen molar-refractivity contribution >= 4 is 21.6 Å². The molecule has 3 N–H and O–H groups in total. The average molecular weight is 405 g/mol.